The Hall–Kier alpha value is -3.05. The summed E-state index contributed by atoms with van der Waals surface area (Å²) in [6, 6.07) is 10.5. The number of fused-ring (bicyclic) bond motifs is 1. The van der Waals surface area contributed by atoms with E-state index < -0.39 is 23.1 Å². The van der Waals surface area contributed by atoms with Crippen LogP contribution in [0.3, 0.4) is 0 Å². The molecule has 1 saturated carbocycles. The Bertz CT molecular complexity index is 1200. The number of nitrogens with zero attached hydrogens (tertiary/aromatic N) is 6. The van der Waals surface area contributed by atoms with Gasteiger partial charge in [-0.15, -0.1) is 0 Å². The van der Waals surface area contributed by atoms with Gasteiger partial charge < -0.3 is 10.0 Å². The quantitative estimate of drug-likeness (QED) is 0.647. The van der Waals surface area contributed by atoms with E-state index in [9.17, 15) is 14.8 Å². The predicted molar refractivity (Wildman–Crippen MR) is 124 cm³/mol. The first-order valence-corrected chi connectivity index (χ1v) is 11.6. The molecule has 3 aromatic rings. The van der Waals surface area contributed by atoms with E-state index in [1.165, 1.54) is 12.7 Å². The van der Waals surface area contributed by atoms with Crippen LogP contribution >= 0.6 is 0 Å². The van der Waals surface area contributed by atoms with Crippen molar-refractivity contribution in [3.05, 3.63) is 42.4 Å². The third-order valence-corrected chi connectivity index (χ3v) is 7.38. The molecule has 2 aliphatic rings. The van der Waals surface area contributed by atoms with Crippen LogP contribution in [0, 0.1) is 17.2 Å². The van der Waals surface area contributed by atoms with Crippen molar-refractivity contribution < 1.29 is 9.50 Å². The molecule has 0 radical (unpaired) electrons. The number of anilines is 1. The van der Waals surface area contributed by atoms with Gasteiger partial charge in [0.2, 0.25) is 0 Å². The van der Waals surface area contributed by atoms with Crippen LogP contribution in [-0.4, -0.2) is 49.7 Å². The molecule has 1 aliphatic carbocycles. The van der Waals surface area contributed by atoms with Crippen molar-refractivity contribution in [2.75, 3.05) is 18.0 Å². The molecule has 2 unspecified atom stereocenters. The van der Waals surface area contributed by atoms with E-state index in [0.29, 0.717) is 18.2 Å². The molecule has 1 N–H and O–H groups in total. The Kier molecular flexibility index (Phi) is 5.32. The molecule has 7 nitrogen and oxygen atoms in total. The van der Waals surface area contributed by atoms with Crippen molar-refractivity contribution in [1.29, 1.82) is 5.26 Å². The maximum absolute atomic E-state index is 14.6. The number of aliphatic hydroxyl groups is 1. The lowest BCUT2D eigenvalue weighted by molar-refractivity contribution is -0.000243. The van der Waals surface area contributed by atoms with Crippen molar-refractivity contribution in [1.82, 2.24) is 19.7 Å². The van der Waals surface area contributed by atoms with E-state index in [0.717, 1.165) is 42.1 Å². The van der Waals surface area contributed by atoms with E-state index in [4.69, 9.17) is 0 Å². The summed E-state index contributed by atoms with van der Waals surface area (Å²) in [7, 11) is 0. The largest absolute Gasteiger partial charge is 0.390 e. The highest BCUT2D eigenvalue weighted by atomic mass is 19.1. The van der Waals surface area contributed by atoms with Crippen molar-refractivity contribution in [3.8, 4) is 11.9 Å². The Labute approximate surface area is 192 Å². The lowest BCUT2D eigenvalue weighted by Crippen LogP contribution is -2.37. The second-order valence-electron chi connectivity index (χ2n) is 10.0. The number of nitriles is 1. The maximum Gasteiger partial charge on any atom is 0.159 e. The molecule has 33 heavy (non-hydrogen) atoms. The molecule has 8 heteroatoms. The molecule has 1 saturated heterocycles. The number of hydrogen-bond donors (Lipinski definition) is 1. The fourth-order valence-electron chi connectivity index (χ4n) is 5.36. The van der Waals surface area contributed by atoms with E-state index >= 15 is 0 Å². The minimum absolute atomic E-state index is 0.180. The van der Waals surface area contributed by atoms with E-state index in [2.05, 4.69) is 33.3 Å². The summed E-state index contributed by atoms with van der Waals surface area (Å²) < 4.78 is 16.4. The molecule has 2 aromatic heterocycles. The molecule has 0 amide bonds. The minimum Gasteiger partial charge on any atom is -0.390 e. The maximum atomic E-state index is 14.6. The van der Waals surface area contributed by atoms with E-state index in [-0.39, 0.29) is 6.54 Å². The van der Waals surface area contributed by atoms with Gasteiger partial charge in [-0.1, -0.05) is 31.4 Å². The molecule has 2 atom stereocenters. The smallest absolute Gasteiger partial charge is 0.159 e. The first kappa shape index (κ1) is 21.8. The zero-order valence-electron chi connectivity index (χ0n) is 19.1. The Morgan fingerprint density at radius 2 is 1.88 bits per heavy atom. The first-order valence-electron chi connectivity index (χ1n) is 11.6. The van der Waals surface area contributed by atoms with Gasteiger partial charge in [0.1, 0.15) is 18.3 Å². The Balaban J connectivity index is 1.50. The lowest BCUT2D eigenvalue weighted by Gasteiger charge is -2.31. The number of rotatable bonds is 4. The molecule has 3 heterocycles. The average molecular weight is 449 g/mol. The third kappa shape index (κ3) is 3.84. The number of halogens is 1. The van der Waals surface area contributed by atoms with Crippen molar-refractivity contribution >= 4 is 16.7 Å². The van der Waals surface area contributed by atoms with Crippen LogP contribution in [0.2, 0.25) is 0 Å². The summed E-state index contributed by atoms with van der Waals surface area (Å²) in [5.74, 6) is 0.709. The molecule has 1 aliphatic heterocycles. The average Bonchev–Trinajstić information content (AvgIpc) is 3.43. The van der Waals surface area contributed by atoms with Gasteiger partial charge in [-0.05, 0) is 38.3 Å². The molecular formula is C25H29FN6O. The highest BCUT2D eigenvalue weighted by Gasteiger charge is 2.42. The number of benzene rings is 1. The van der Waals surface area contributed by atoms with Gasteiger partial charge in [0.25, 0.3) is 0 Å². The Morgan fingerprint density at radius 1 is 1.12 bits per heavy atom. The van der Waals surface area contributed by atoms with Crippen molar-refractivity contribution in [3.63, 3.8) is 0 Å². The van der Waals surface area contributed by atoms with Gasteiger partial charge in [-0.25, -0.2) is 19.0 Å². The molecular weight excluding hydrogens is 419 g/mol. The van der Waals surface area contributed by atoms with Gasteiger partial charge in [-0.3, -0.25) is 0 Å². The highest BCUT2D eigenvalue weighted by molar-refractivity contribution is 5.81. The molecule has 1 aromatic carbocycles. The summed E-state index contributed by atoms with van der Waals surface area (Å²) in [6.45, 7) is 3.86. The van der Waals surface area contributed by atoms with Crippen LogP contribution in [0.5, 0.6) is 0 Å². The fraction of sp³-hybridized carbons (Fsp3) is 0.520. The first-order chi connectivity index (χ1) is 15.8. The number of aromatic nitrogens is 4. The fourth-order valence-corrected chi connectivity index (χ4v) is 5.36. The third-order valence-electron chi connectivity index (χ3n) is 7.38. The number of alkyl halides is 1. The van der Waals surface area contributed by atoms with Crippen LogP contribution in [-0.2, 0) is 5.41 Å². The van der Waals surface area contributed by atoms with Crippen molar-refractivity contribution in [2.45, 2.75) is 63.1 Å². The zero-order chi connectivity index (χ0) is 23.2. The zero-order valence-corrected chi connectivity index (χ0v) is 19.1. The van der Waals surface area contributed by atoms with Gasteiger partial charge >= 0.3 is 0 Å². The van der Waals surface area contributed by atoms with Crippen LogP contribution in [0.15, 0.2) is 36.8 Å². The second-order valence-corrected chi connectivity index (χ2v) is 10.0. The van der Waals surface area contributed by atoms with Gasteiger partial charge in [0.05, 0.1) is 35.3 Å². The monoisotopic (exact) mass is 448 g/mol. The molecule has 5 rings (SSSR count). The van der Waals surface area contributed by atoms with Crippen LogP contribution in [0.25, 0.3) is 16.7 Å². The topological polar surface area (TPSA) is 90.9 Å². The van der Waals surface area contributed by atoms with Crippen LogP contribution in [0.1, 0.15) is 51.5 Å². The van der Waals surface area contributed by atoms with Gasteiger partial charge in [-0.2, -0.15) is 10.4 Å². The standard InChI is InChI=1S/C25H29FN6O/c1-24(2,33)19-13-31(14-20(19)26)22-11-23(29-16-28-22)32-21-10-18(7-6-17(21)12-30-32)25(15-27)8-4-3-5-9-25/h6-7,10-12,16,19-20,33H,3-5,8-9,13-14H2,1-2H3. The molecule has 0 spiro atoms. The Morgan fingerprint density at radius 3 is 2.58 bits per heavy atom. The lowest BCUT2D eigenvalue weighted by atomic mass is 9.70. The van der Waals surface area contributed by atoms with Gasteiger partial charge in [0, 0.05) is 23.9 Å². The summed E-state index contributed by atoms with van der Waals surface area (Å²) in [5, 5.41) is 25.8. The molecule has 172 valence electrons. The molecule has 2 fully saturated rings. The van der Waals surface area contributed by atoms with Crippen LogP contribution in [0.4, 0.5) is 10.2 Å². The number of hydrogen-bond acceptors (Lipinski definition) is 6. The van der Waals surface area contributed by atoms with Crippen LogP contribution < -0.4 is 4.90 Å². The summed E-state index contributed by atoms with van der Waals surface area (Å²) in [5.41, 5.74) is 0.363. The SMILES string of the molecule is CC(C)(O)C1CN(c2cc(-n3ncc4ccc(C5(C#N)CCCCC5)cc43)ncn2)CC1F. The normalized spacial score (nSPS) is 23.1. The summed E-state index contributed by atoms with van der Waals surface area (Å²) >= 11 is 0. The minimum atomic E-state index is -1.13. The highest BCUT2D eigenvalue weighted by Crippen LogP contribution is 2.40. The van der Waals surface area contributed by atoms with E-state index in [1.807, 2.05) is 11.0 Å². The van der Waals surface area contributed by atoms with Gasteiger partial charge in [0.15, 0.2) is 5.82 Å². The summed E-state index contributed by atoms with van der Waals surface area (Å²) in [6.07, 6.45) is 7.19. The predicted octanol–water partition coefficient (Wildman–Crippen LogP) is 4.09. The van der Waals surface area contributed by atoms with Crippen molar-refractivity contribution in [2.24, 2.45) is 5.92 Å². The second kappa shape index (κ2) is 8.07. The molecule has 0 bridgehead atoms. The summed E-state index contributed by atoms with van der Waals surface area (Å²) in [4.78, 5) is 10.6. The van der Waals surface area contributed by atoms with E-state index in [1.54, 1.807) is 30.8 Å².